The van der Waals surface area contributed by atoms with Gasteiger partial charge in [0.2, 0.25) is 6.41 Å². The van der Waals surface area contributed by atoms with Crippen LogP contribution in [0.15, 0.2) is 0 Å². The highest BCUT2D eigenvalue weighted by atomic mass is 16.1. The Morgan fingerprint density at radius 1 is 1.70 bits per heavy atom. The molecular weight excluding hydrogens is 128 g/mol. The van der Waals surface area contributed by atoms with E-state index in [9.17, 15) is 4.79 Å². The molecule has 10 heavy (non-hydrogen) atoms. The molecule has 0 bridgehead atoms. The maximum atomic E-state index is 10.2. The average Bonchev–Trinajstić information content (AvgIpc) is 1.85. The Labute approximate surface area is 61.6 Å². The van der Waals surface area contributed by atoms with Crippen LogP contribution in [0.3, 0.4) is 0 Å². The Morgan fingerprint density at radius 2 is 2.30 bits per heavy atom. The molecule has 0 aromatic heterocycles. The first kappa shape index (κ1) is 7.54. The van der Waals surface area contributed by atoms with E-state index >= 15 is 0 Å². The quantitative estimate of drug-likeness (QED) is 0.509. The van der Waals surface area contributed by atoms with Gasteiger partial charge in [0.1, 0.15) is 0 Å². The molecule has 1 saturated heterocycles. The van der Waals surface area contributed by atoms with Crippen molar-refractivity contribution in [2.45, 2.75) is 13.0 Å². The Balaban J connectivity index is 2.18. The number of likely N-dealkylation sites (N-methyl/N-ethyl adjacent to an activating group) is 1. The molecule has 1 aliphatic rings. The lowest BCUT2D eigenvalue weighted by atomic mass is 10.1. The predicted molar refractivity (Wildman–Crippen MR) is 39.7 cm³/mol. The topological polar surface area (TPSA) is 23.6 Å². The maximum absolute atomic E-state index is 10.2. The van der Waals surface area contributed by atoms with Crippen LogP contribution in [0.25, 0.3) is 0 Å². The molecule has 3 nitrogen and oxygen atoms in total. The molecule has 1 heterocycles. The highest BCUT2D eigenvalue weighted by Crippen LogP contribution is 2.09. The monoisotopic (exact) mass is 142 g/mol. The minimum absolute atomic E-state index is 0.607. The lowest BCUT2D eigenvalue weighted by Crippen LogP contribution is -2.57. The fraction of sp³-hybridized carbons (Fsp3) is 0.857. The SMILES string of the molecule is CCN(C)C1CN(C=O)C1. The van der Waals surface area contributed by atoms with E-state index in [2.05, 4.69) is 18.9 Å². The molecular formula is C7H14N2O. The van der Waals surface area contributed by atoms with Crippen LogP contribution in [0.2, 0.25) is 0 Å². The molecule has 0 aromatic rings. The van der Waals surface area contributed by atoms with Gasteiger partial charge in [-0.05, 0) is 13.6 Å². The van der Waals surface area contributed by atoms with Gasteiger partial charge in [0.05, 0.1) is 0 Å². The normalized spacial score (nSPS) is 19.3. The van der Waals surface area contributed by atoms with E-state index in [4.69, 9.17) is 0 Å². The Kier molecular flexibility index (Phi) is 2.27. The summed E-state index contributed by atoms with van der Waals surface area (Å²) in [6, 6.07) is 0.607. The predicted octanol–water partition coefficient (Wildman–Crippen LogP) is -0.221. The molecule has 0 aromatic carbocycles. The lowest BCUT2D eigenvalue weighted by molar-refractivity contribution is -0.124. The second-order valence-corrected chi connectivity index (χ2v) is 2.79. The van der Waals surface area contributed by atoms with Gasteiger partial charge < -0.3 is 9.80 Å². The minimum Gasteiger partial charge on any atom is -0.342 e. The number of amides is 1. The number of carbonyl (C=O) groups is 1. The van der Waals surface area contributed by atoms with Gasteiger partial charge in [0.25, 0.3) is 0 Å². The summed E-state index contributed by atoms with van der Waals surface area (Å²) in [4.78, 5) is 14.2. The van der Waals surface area contributed by atoms with Crippen molar-refractivity contribution in [1.82, 2.24) is 9.80 Å². The van der Waals surface area contributed by atoms with Gasteiger partial charge in [-0.2, -0.15) is 0 Å². The summed E-state index contributed by atoms with van der Waals surface area (Å²) in [6.45, 7) is 5.02. The number of rotatable bonds is 3. The van der Waals surface area contributed by atoms with Crippen LogP contribution in [0.1, 0.15) is 6.92 Å². The van der Waals surface area contributed by atoms with Gasteiger partial charge in [-0.25, -0.2) is 0 Å². The summed E-state index contributed by atoms with van der Waals surface area (Å²) in [5.41, 5.74) is 0. The number of likely N-dealkylation sites (tertiary alicyclic amines) is 1. The summed E-state index contributed by atoms with van der Waals surface area (Å²) >= 11 is 0. The molecule has 0 spiro atoms. The maximum Gasteiger partial charge on any atom is 0.209 e. The number of hydrogen-bond donors (Lipinski definition) is 0. The molecule has 0 saturated carbocycles. The van der Waals surface area contributed by atoms with Crippen LogP contribution in [0, 0.1) is 0 Å². The molecule has 1 aliphatic heterocycles. The van der Waals surface area contributed by atoms with Gasteiger partial charge >= 0.3 is 0 Å². The molecule has 0 N–H and O–H groups in total. The Morgan fingerprint density at radius 3 is 2.70 bits per heavy atom. The van der Waals surface area contributed by atoms with Gasteiger partial charge in [-0.15, -0.1) is 0 Å². The molecule has 1 fully saturated rings. The third-order valence-electron chi connectivity index (χ3n) is 2.16. The molecule has 1 rings (SSSR count). The molecule has 3 heteroatoms. The third-order valence-corrected chi connectivity index (χ3v) is 2.16. The molecule has 0 atom stereocenters. The molecule has 58 valence electrons. The fourth-order valence-corrected chi connectivity index (χ4v) is 1.11. The van der Waals surface area contributed by atoms with Crippen molar-refractivity contribution in [3.63, 3.8) is 0 Å². The van der Waals surface area contributed by atoms with Crippen molar-refractivity contribution in [1.29, 1.82) is 0 Å². The number of carbonyl (C=O) groups excluding carboxylic acids is 1. The van der Waals surface area contributed by atoms with Gasteiger partial charge in [-0.1, -0.05) is 6.92 Å². The first-order valence-corrected chi connectivity index (χ1v) is 3.67. The van der Waals surface area contributed by atoms with Crippen LogP contribution in [0.5, 0.6) is 0 Å². The van der Waals surface area contributed by atoms with E-state index in [1.54, 1.807) is 4.90 Å². The van der Waals surface area contributed by atoms with Crippen LogP contribution < -0.4 is 0 Å². The lowest BCUT2D eigenvalue weighted by Gasteiger charge is -2.41. The second-order valence-electron chi connectivity index (χ2n) is 2.79. The van der Waals surface area contributed by atoms with Crippen molar-refractivity contribution >= 4 is 6.41 Å². The first-order chi connectivity index (χ1) is 4.77. The molecule has 0 aliphatic carbocycles. The van der Waals surface area contributed by atoms with Crippen molar-refractivity contribution < 1.29 is 4.79 Å². The van der Waals surface area contributed by atoms with E-state index < -0.39 is 0 Å². The largest absolute Gasteiger partial charge is 0.342 e. The minimum atomic E-state index is 0.607. The zero-order valence-corrected chi connectivity index (χ0v) is 6.58. The smallest absolute Gasteiger partial charge is 0.209 e. The highest BCUT2D eigenvalue weighted by molar-refractivity contribution is 5.49. The molecule has 0 unspecified atom stereocenters. The zero-order valence-electron chi connectivity index (χ0n) is 6.58. The summed E-state index contributed by atoms with van der Waals surface area (Å²) in [6.07, 6.45) is 0.917. The highest BCUT2D eigenvalue weighted by Gasteiger charge is 2.27. The summed E-state index contributed by atoms with van der Waals surface area (Å²) in [7, 11) is 2.09. The van der Waals surface area contributed by atoms with Gasteiger partial charge in [0, 0.05) is 19.1 Å². The summed E-state index contributed by atoms with van der Waals surface area (Å²) in [5.74, 6) is 0. The average molecular weight is 142 g/mol. The van der Waals surface area contributed by atoms with Crippen molar-refractivity contribution in [3.05, 3.63) is 0 Å². The summed E-state index contributed by atoms with van der Waals surface area (Å²) in [5, 5.41) is 0. The third kappa shape index (κ3) is 1.29. The molecule has 1 amide bonds. The van der Waals surface area contributed by atoms with Crippen molar-refractivity contribution in [2.75, 3.05) is 26.7 Å². The number of nitrogens with zero attached hydrogens (tertiary/aromatic N) is 2. The number of hydrogen-bond acceptors (Lipinski definition) is 2. The van der Waals surface area contributed by atoms with E-state index in [0.717, 1.165) is 26.0 Å². The Hall–Kier alpha value is -0.570. The molecule has 0 radical (unpaired) electrons. The van der Waals surface area contributed by atoms with Crippen LogP contribution >= 0.6 is 0 Å². The second kappa shape index (κ2) is 3.01. The Bertz CT molecular complexity index is 121. The van der Waals surface area contributed by atoms with E-state index in [1.165, 1.54) is 0 Å². The zero-order chi connectivity index (χ0) is 7.56. The van der Waals surface area contributed by atoms with Gasteiger partial charge in [-0.3, -0.25) is 4.79 Å². The van der Waals surface area contributed by atoms with Crippen LogP contribution in [-0.2, 0) is 4.79 Å². The fourth-order valence-electron chi connectivity index (χ4n) is 1.11. The van der Waals surface area contributed by atoms with E-state index in [-0.39, 0.29) is 0 Å². The summed E-state index contributed by atoms with van der Waals surface area (Å²) < 4.78 is 0. The van der Waals surface area contributed by atoms with E-state index in [1.807, 2.05) is 0 Å². The van der Waals surface area contributed by atoms with Crippen LogP contribution in [-0.4, -0.2) is 48.9 Å². The van der Waals surface area contributed by atoms with Crippen LogP contribution in [0.4, 0.5) is 0 Å². The standard InChI is InChI=1S/C7H14N2O/c1-3-8(2)7-4-9(5-7)6-10/h6-7H,3-5H2,1-2H3. The van der Waals surface area contributed by atoms with Crippen molar-refractivity contribution in [2.24, 2.45) is 0 Å². The van der Waals surface area contributed by atoms with Crippen molar-refractivity contribution in [3.8, 4) is 0 Å². The van der Waals surface area contributed by atoms with Gasteiger partial charge in [0.15, 0.2) is 0 Å². The van der Waals surface area contributed by atoms with E-state index in [0.29, 0.717) is 6.04 Å². The first-order valence-electron chi connectivity index (χ1n) is 3.67.